The summed E-state index contributed by atoms with van der Waals surface area (Å²) in [5, 5.41) is 0. The van der Waals surface area contributed by atoms with E-state index in [4.69, 9.17) is 10.5 Å². The van der Waals surface area contributed by atoms with Gasteiger partial charge in [-0.2, -0.15) is 0 Å². The summed E-state index contributed by atoms with van der Waals surface area (Å²) in [6.45, 7) is 4.19. The lowest BCUT2D eigenvalue weighted by Crippen LogP contribution is -2.46. The molecule has 1 heterocycles. The van der Waals surface area contributed by atoms with Crippen LogP contribution in [0.4, 0.5) is 5.69 Å². The second kappa shape index (κ2) is 6.19. The Balaban J connectivity index is 1.83. The van der Waals surface area contributed by atoms with Gasteiger partial charge < -0.3 is 15.4 Å². The topological polar surface area (TPSA) is 38.5 Å². The molecule has 3 nitrogen and oxygen atoms in total. The molecule has 2 N–H and O–H groups in total. The number of piperidine rings is 1. The SMILES string of the molecule is CC1CN(c2ccccc2Oc2ccccc2)CCC1N. The maximum Gasteiger partial charge on any atom is 0.150 e. The first-order valence-electron chi connectivity index (χ1n) is 7.56. The Hall–Kier alpha value is -2.00. The number of para-hydroxylation sites is 3. The van der Waals surface area contributed by atoms with Gasteiger partial charge in [-0.1, -0.05) is 37.3 Å². The molecule has 0 radical (unpaired) electrons. The van der Waals surface area contributed by atoms with E-state index in [9.17, 15) is 0 Å². The van der Waals surface area contributed by atoms with Crippen molar-refractivity contribution in [3.8, 4) is 11.5 Å². The fourth-order valence-corrected chi connectivity index (χ4v) is 2.80. The number of nitrogens with zero attached hydrogens (tertiary/aromatic N) is 1. The third-order valence-corrected chi connectivity index (χ3v) is 4.15. The van der Waals surface area contributed by atoms with Gasteiger partial charge in [-0.25, -0.2) is 0 Å². The van der Waals surface area contributed by atoms with E-state index >= 15 is 0 Å². The molecular formula is C18H22N2O. The molecule has 1 aliphatic rings. The van der Waals surface area contributed by atoms with Crippen LogP contribution in [-0.4, -0.2) is 19.1 Å². The zero-order valence-electron chi connectivity index (χ0n) is 12.4. The monoisotopic (exact) mass is 282 g/mol. The van der Waals surface area contributed by atoms with Crippen molar-refractivity contribution in [3.63, 3.8) is 0 Å². The van der Waals surface area contributed by atoms with E-state index in [0.29, 0.717) is 12.0 Å². The van der Waals surface area contributed by atoms with E-state index in [1.165, 1.54) is 0 Å². The van der Waals surface area contributed by atoms with Crippen LogP contribution in [0.2, 0.25) is 0 Å². The Morgan fingerprint density at radius 2 is 1.76 bits per heavy atom. The summed E-state index contributed by atoms with van der Waals surface area (Å²) in [4.78, 5) is 2.38. The number of nitrogens with two attached hydrogens (primary N) is 1. The average molecular weight is 282 g/mol. The van der Waals surface area contributed by atoms with Crippen molar-refractivity contribution in [2.75, 3.05) is 18.0 Å². The third-order valence-electron chi connectivity index (χ3n) is 4.15. The quantitative estimate of drug-likeness (QED) is 0.934. The van der Waals surface area contributed by atoms with Crippen LogP contribution >= 0.6 is 0 Å². The van der Waals surface area contributed by atoms with Crippen LogP contribution < -0.4 is 15.4 Å². The first-order chi connectivity index (χ1) is 10.2. The zero-order valence-corrected chi connectivity index (χ0v) is 12.4. The summed E-state index contributed by atoms with van der Waals surface area (Å²) in [6, 6.07) is 18.5. The molecule has 110 valence electrons. The van der Waals surface area contributed by atoms with Gasteiger partial charge in [-0.15, -0.1) is 0 Å². The largest absolute Gasteiger partial charge is 0.455 e. The molecule has 3 rings (SSSR count). The lowest BCUT2D eigenvalue weighted by Gasteiger charge is -2.37. The fraction of sp³-hybridized carbons (Fsp3) is 0.333. The molecule has 1 aliphatic heterocycles. The molecule has 2 aromatic rings. The van der Waals surface area contributed by atoms with Crippen LogP contribution in [0.3, 0.4) is 0 Å². The van der Waals surface area contributed by atoms with E-state index < -0.39 is 0 Å². The Labute approximate surface area is 126 Å². The van der Waals surface area contributed by atoms with Gasteiger partial charge in [-0.3, -0.25) is 0 Å². The minimum Gasteiger partial charge on any atom is -0.455 e. The third kappa shape index (κ3) is 3.19. The summed E-state index contributed by atoms with van der Waals surface area (Å²) in [5.74, 6) is 2.28. The van der Waals surface area contributed by atoms with Crippen LogP contribution in [0.5, 0.6) is 11.5 Å². The van der Waals surface area contributed by atoms with Crippen molar-refractivity contribution < 1.29 is 4.74 Å². The first kappa shape index (κ1) is 14.0. The molecule has 21 heavy (non-hydrogen) atoms. The number of anilines is 1. The van der Waals surface area contributed by atoms with Gasteiger partial charge in [0.05, 0.1) is 5.69 Å². The molecule has 2 aromatic carbocycles. The van der Waals surface area contributed by atoms with Crippen molar-refractivity contribution in [2.24, 2.45) is 11.7 Å². The molecule has 0 amide bonds. The second-order valence-electron chi connectivity index (χ2n) is 5.76. The predicted octanol–water partition coefficient (Wildman–Crippen LogP) is 3.65. The lowest BCUT2D eigenvalue weighted by atomic mass is 9.94. The number of hydrogen-bond donors (Lipinski definition) is 1. The van der Waals surface area contributed by atoms with Crippen LogP contribution in [0.15, 0.2) is 54.6 Å². The van der Waals surface area contributed by atoms with Gasteiger partial charge in [0.2, 0.25) is 0 Å². The summed E-state index contributed by atoms with van der Waals surface area (Å²) in [5.41, 5.74) is 7.28. The van der Waals surface area contributed by atoms with E-state index in [-0.39, 0.29) is 0 Å². The van der Waals surface area contributed by atoms with Crippen LogP contribution in [-0.2, 0) is 0 Å². The highest BCUT2D eigenvalue weighted by Crippen LogP contribution is 2.34. The first-order valence-corrected chi connectivity index (χ1v) is 7.56. The molecule has 2 atom stereocenters. The van der Waals surface area contributed by atoms with Gasteiger partial charge in [0.15, 0.2) is 5.75 Å². The van der Waals surface area contributed by atoms with E-state index in [2.05, 4.69) is 24.0 Å². The Bertz CT molecular complexity index is 585. The van der Waals surface area contributed by atoms with Crippen molar-refractivity contribution in [3.05, 3.63) is 54.6 Å². The molecule has 1 fully saturated rings. The Morgan fingerprint density at radius 1 is 1.05 bits per heavy atom. The van der Waals surface area contributed by atoms with E-state index in [1.807, 2.05) is 42.5 Å². The van der Waals surface area contributed by atoms with Crippen molar-refractivity contribution in [2.45, 2.75) is 19.4 Å². The number of hydrogen-bond acceptors (Lipinski definition) is 3. The Kier molecular flexibility index (Phi) is 4.11. The number of rotatable bonds is 3. The number of benzene rings is 2. The van der Waals surface area contributed by atoms with Crippen LogP contribution in [0, 0.1) is 5.92 Å². The highest BCUT2D eigenvalue weighted by atomic mass is 16.5. The standard InChI is InChI=1S/C18H22N2O/c1-14-13-20(12-11-16(14)19)17-9-5-6-10-18(17)21-15-7-3-2-4-8-15/h2-10,14,16H,11-13,19H2,1H3. The normalized spacial score (nSPS) is 22.1. The molecule has 0 saturated carbocycles. The highest BCUT2D eigenvalue weighted by Gasteiger charge is 2.24. The van der Waals surface area contributed by atoms with Gasteiger partial charge in [0, 0.05) is 19.1 Å². The molecular weight excluding hydrogens is 260 g/mol. The van der Waals surface area contributed by atoms with Crippen molar-refractivity contribution >= 4 is 5.69 Å². The van der Waals surface area contributed by atoms with Crippen LogP contribution in [0.25, 0.3) is 0 Å². The van der Waals surface area contributed by atoms with E-state index in [1.54, 1.807) is 0 Å². The van der Waals surface area contributed by atoms with Gasteiger partial charge >= 0.3 is 0 Å². The predicted molar refractivity (Wildman–Crippen MR) is 86.9 cm³/mol. The molecule has 2 unspecified atom stereocenters. The number of ether oxygens (including phenoxy) is 1. The zero-order chi connectivity index (χ0) is 14.7. The maximum absolute atomic E-state index is 6.12. The van der Waals surface area contributed by atoms with Crippen molar-refractivity contribution in [1.29, 1.82) is 0 Å². The van der Waals surface area contributed by atoms with Gasteiger partial charge in [-0.05, 0) is 36.6 Å². The summed E-state index contributed by atoms with van der Waals surface area (Å²) in [6.07, 6.45) is 1.03. The smallest absolute Gasteiger partial charge is 0.150 e. The Morgan fingerprint density at radius 3 is 2.52 bits per heavy atom. The van der Waals surface area contributed by atoms with E-state index in [0.717, 1.165) is 36.7 Å². The molecule has 0 spiro atoms. The second-order valence-corrected chi connectivity index (χ2v) is 5.76. The van der Waals surface area contributed by atoms with Gasteiger partial charge in [0.25, 0.3) is 0 Å². The lowest BCUT2D eigenvalue weighted by molar-refractivity contribution is 0.379. The minimum atomic E-state index is 0.309. The van der Waals surface area contributed by atoms with Crippen LogP contribution in [0.1, 0.15) is 13.3 Å². The summed E-state index contributed by atoms with van der Waals surface area (Å²) in [7, 11) is 0. The molecule has 1 saturated heterocycles. The summed E-state index contributed by atoms with van der Waals surface area (Å²) >= 11 is 0. The van der Waals surface area contributed by atoms with Gasteiger partial charge in [0.1, 0.15) is 5.75 Å². The summed E-state index contributed by atoms with van der Waals surface area (Å²) < 4.78 is 6.05. The average Bonchev–Trinajstić information content (AvgIpc) is 2.52. The molecule has 0 aliphatic carbocycles. The fourth-order valence-electron chi connectivity index (χ4n) is 2.80. The molecule has 3 heteroatoms. The van der Waals surface area contributed by atoms with Crippen molar-refractivity contribution in [1.82, 2.24) is 0 Å². The molecule has 0 aromatic heterocycles. The molecule has 0 bridgehead atoms. The highest BCUT2D eigenvalue weighted by molar-refractivity contribution is 5.60. The maximum atomic E-state index is 6.12. The minimum absolute atomic E-state index is 0.309.